The summed E-state index contributed by atoms with van der Waals surface area (Å²) in [5.41, 5.74) is 2.40. The number of rotatable bonds is 14. The van der Waals surface area contributed by atoms with Gasteiger partial charge in [0.05, 0.1) is 0 Å². The van der Waals surface area contributed by atoms with Crippen molar-refractivity contribution in [1.29, 1.82) is 0 Å². The van der Waals surface area contributed by atoms with Gasteiger partial charge in [0.2, 0.25) is 0 Å². The van der Waals surface area contributed by atoms with E-state index in [4.69, 9.17) is 9.72 Å². The quantitative estimate of drug-likeness (QED) is 0.271. The second-order valence-corrected chi connectivity index (χ2v) is 10.2. The number of aryl methyl sites for hydroxylation is 2. The number of aliphatic carboxylic acids is 1. The third kappa shape index (κ3) is 9.40. The summed E-state index contributed by atoms with van der Waals surface area (Å²) in [6.07, 6.45) is 5.42. The van der Waals surface area contributed by atoms with Crippen LogP contribution >= 0.6 is 0 Å². The molecule has 4 rings (SSSR count). The Balaban J connectivity index is 1.27. The number of fused-ring (bicyclic) bond motifs is 1. The molecule has 1 fully saturated rings. The summed E-state index contributed by atoms with van der Waals surface area (Å²) >= 11 is 0. The first kappa shape index (κ1) is 28.6. The molecule has 0 bridgehead atoms. The zero-order valence-corrected chi connectivity index (χ0v) is 22.7. The first-order chi connectivity index (χ1) is 19.1. The molecule has 4 N–H and O–H groups in total. The molecule has 1 unspecified atom stereocenters. The fourth-order valence-corrected chi connectivity index (χ4v) is 4.97. The molecule has 2 aromatic rings. The molecule has 0 spiro atoms. The van der Waals surface area contributed by atoms with Gasteiger partial charge in [0.15, 0.2) is 0 Å². The van der Waals surface area contributed by atoms with Crippen LogP contribution in [0.5, 0.6) is 5.75 Å². The molecule has 39 heavy (non-hydrogen) atoms. The van der Waals surface area contributed by atoms with Crippen LogP contribution in [0, 0.1) is 0 Å². The summed E-state index contributed by atoms with van der Waals surface area (Å²) in [6, 6.07) is 12.8. The number of carbonyl (C=O) groups is 2. The van der Waals surface area contributed by atoms with Gasteiger partial charge in [-0.05, 0) is 68.8 Å². The number of para-hydroxylation sites is 1. The highest BCUT2D eigenvalue weighted by Gasteiger charge is 2.24. The zero-order valence-electron chi connectivity index (χ0n) is 22.7. The van der Waals surface area contributed by atoms with E-state index in [1.165, 1.54) is 5.56 Å². The fraction of sp³-hybridized carbons (Fsp3) is 0.552. The van der Waals surface area contributed by atoms with Crippen LogP contribution < -0.4 is 20.7 Å². The fourth-order valence-electron chi connectivity index (χ4n) is 4.97. The number of ether oxygens (including phenoxy) is 1. The highest BCUT2D eigenvalue weighted by molar-refractivity contribution is 5.82. The van der Waals surface area contributed by atoms with E-state index in [1.807, 2.05) is 30.3 Å². The van der Waals surface area contributed by atoms with Crippen LogP contribution in [0.25, 0.3) is 0 Å². The van der Waals surface area contributed by atoms with Crippen LogP contribution in [0.15, 0.2) is 42.5 Å². The smallest absolute Gasteiger partial charge is 0.326 e. The van der Waals surface area contributed by atoms with Crippen molar-refractivity contribution in [3.8, 4) is 5.75 Å². The number of carbonyl (C=O) groups excluding carboxylic acids is 1. The van der Waals surface area contributed by atoms with E-state index in [0.717, 1.165) is 75.5 Å². The van der Waals surface area contributed by atoms with Crippen LogP contribution in [0.3, 0.4) is 0 Å². The molecule has 0 saturated carbocycles. The van der Waals surface area contributed by atoms with Gasteiger partial charge in [-0.25, -0.2) is 14.6 Å². The van der Waals surface area contributed by atoms with E-state index in [1.54, 1.807) is 4.90 Å². The maximum atomic E-state index is 12.6. The molecule has 2 aliphatic heterocycles. The van der Waals surface area contributed by atoms with Gasteiger partial charge in [-0.3, -0.25) is 4.90 Å². The third-order valence-electron chi connectivity index (χ3n) is 7.26. The molecule has 1 saturated heterocycles. The predicted octanol–water partition coefficient (Wildman–Crippen LogP) is 2.60. The van der Waals surface area contributed by atoms with Crippen molar-refractivity contribution in [3.63, 3.8) is 0 Å². The Bertz CT molecular complexity index is 1050. The molecule has 1 atom stereocenters. The number of unbranched alkanes of at least 4 members (excludes halogenated alkanes) is 1. The van der Waals surface area contributed by atoms with Crippen LogP contribution in [-0.2, 0) is 17.6 Å². The molecule has 2 aliphatic rings. The van der Waals surface area contributed by atoms with Crippen molar-refractivity contribution in [2.24, 2.45) is 0 Å². The van der Waals surface area contributed by atoms with Gasteiger partial charge in [0, 0.05) is 51.5 Å². The Morgan fingerprint density at radius 3 is 2.67 bits per heavy atom. The van der Waals surface area contributed by atoms with Crippen molar-refractivity contribution >= 4 is 17.8 Å². The predicted molar refractivity (Wildman–Crippen MR) is 151 cm³/mol. The number of hydrogen-bond acceptors (Lipinski definition) is 7. The van der Waals surface area contributed by atoms with Crippen molar-refractivity contribution in [1.82, 2.24) is 25.4 Å². The van der Waals surface area contributed by atoms with Crippen molar-refractivity contribution in [2.75, 3.05) is 64.3 Å². The summed E-state index contributed by atoms with van der Waals surface area (Å²) in [5.74, 6) is 0.836. The average Bonchev–Trinajstić information content (AvgIpc) is 2.97. The second kappa shape index (κ2) is 15.3. The summed E-state index contributed by atoms with van der Waals surface area (Å²) in [5, 5.41) is 19.1. The lowest BCUT2D eigenvalue weighted by Crippen LogP contribution is -2.54. The molecule has 1 aromatic heterocycles. The number of nitrogens with zero attached hydrogens (tertiary/aromatic N) is 3. The van der Waals surface area contributed by atoms with E-state index in [-0.39, 0.29) is 6.03 Å². The van der Waals surface area contributed by atoms with Crippen molar-refractivity contribution in [3.05, 3.63) is 53.7 Å². The number of nitrogens with one attached hydrogen (secondary N) is 3. The van der Waals surface area contributed by atoms with E-state index in [9.17, 15) is 14.7 Å². The van der Waals surface area contributed by atoms with Gasteiger partial charge in [-0.15, -0.1) is 0 Å². The molecular weight excluding hydrogens is 496 g/mol. The normalized spacial score (nSPS) is 15.8. The number of amides is 2. The number of benzene rings is 1. The third-order valence-corrected chi connectivity index (χ3v) is 7.26. The van der Waals surface area contributed by atoms with Crippen LogP contribution in [0.1, 0.15) is 36.9 Å². The highest BCUT2D eigenvalue weighted by Crippen LogP contribution is 2.20. The molecular formula is C29H42N6O4. The molecule has 1 aromatic carbocycles. The molecule has 212 valence electrons. The van der Waals surface area contributed by atoms with Crippen LogP contribution in [0.4, 0.5) is 10.6 Å². The largest absolute Gasteiger partial charge is 0.492 e. The van der Waals surface area contributed by atoms with E-state index in [2.05, 4.69) is 33.0 Å². The summed E-state index contributed by atoms with van der Waals surface area (Å²) in [7, 11) is 0. The van der Waals surface area contributed by atoms with Gasteiger partial charge in [-0.1, -0.05) is 24.3 Å². The average molecular weight is 539 g/mol. The number of piperazine rings is 1. The Hall–Kier alpha value is -3.37. The summed E-state index contributed by atoms with van der Waals surface area (Å²) in [4.78, 5) is 33.3. The molecule has 10 heteroatoms. The van der Waals surface area contributed by atoms with Gasteiger partial charge in [0.25, 0.3) is 0 Å². The Morgan fingerprint density at radius 1 is 1.05 bits per heavy atom. The van der Waals surface area contributed by atoms with Gasteiger partial charge >= 0.3 is 12.0 Å². The topological polar surface area (TPSA) is 119 Å². The maximum Gasteiger partial charge on any atom is 0.326 e. The lowest BCUT2D eigenvalue weighted by Gasteiger charge is -2.29. The molecule has 0 radical (unpaired) electrons. The number of carboxylic acids is 1. The van der Waals surface area contributed by atoms with E-state index in [0.29, 0.717) is 39.2 Å². The first-order valence-corrected chi connectivity index (χ1v) is 14.2. The van der Waals surface area contributed by atoms with Gasteiger partial charge in [0.1, 0.15) is 24.2 Å². The van der Waals surface area contributed by atoms with E-state index >= 15 is 0 Å². The number of anilines is 1. The minimum Gasteiger partial charge on any atom is -0.492 e. The Labute approximate surface area is 231 Å². The first-order valence-electron chi connectivity index (χ1n) is 14.2. The van der Waals surface area contributed by atoms with Crippen molar-refractivity contribution < 1.29 is 19.4 Å². The highest BCUT2D eigenvalue weighted by atomic mass is 16.5. The number of pyridine rings is 1. The number of hydrogen-bond donors (Lipinski definition) is 4. The molecule has 10 nitrogen and oxygen atoms in total. The van der Waals surface area contributed by atoms with E-state index < -0.39 is 12.0 Å². The lowest BCUT2D eigenvalue weighted by molar-refractivity contribution is -0.139. The molecule has 3 heterocycles. The number of aromatic nitrogens is 1. The minimum atomic E-state index is -1.01. The number of urea groups is 1. The Kier molecular flexibility index (Phi) is 11.2. The second-order valence-electron chi connectivity index (χ2n) is 10.2. The number of carboxylic acid groups (broad SMARTS) is 1. The zero-order chi connectivity index (χ0) is 27.3. The van der Waals surface area contributed by atoms with Crippen LogP contribution in [-0.4, -0.2) is 96.9 Å². The standard InChI is InChI=1S/C29H42N6O4/c36-28(37)26(33-29(38)35-19-15-30-16-20-35)13-18-34(21-22-39-25-9-2-1-3-10-25)17-5-4-8-24-12-11-23-7-6-14-31-27(23)32-24/h1-3,9-12,26,30H,4-8,13-22H2,(H,31,32)(H,33,38)(H,36,37). The van der Waals surface area contributed by atoms with Gasteiger partial charge in [-0.2, -0.15) is 0 Å². The van der Waals surface area contributed by atoms with Crippen molar-refractivity contribution in [2.45, 2.75) is 44.6 Å². The summed E-state index contributed by atoms with van der Waals surface area (Å²) < 4.78 is 5.91. The van der Waals surface area contributed by atoms with Crippen LogP contribution in [0.2, 0.25) is 0 Å². The maximum absolute atomic E-state index is 12.6. The Morgan fingerprint density at radius 2 is 1.87 bits per heavy atom. The SMILES string of the molecule is O=C(O)C(CCN(CCCCc1ccc2c(n1)NCCC2)CCOc1ccccc1)NC(=O)N1CCNCC1. The van der Waals surface area contributed by atoms with Gasteiger partial charge < -0.3 is 30.7 Å². The lowest BCUT2D eigenvalue weighted by atomic mass is 10.1. The molecule has 2 amide bonds. The monoisotopic (exact) mass is 538 g/mol. The molecule has 0 aliphatic carbocycles. The minimum absolute atomic E-state index is 0.310. The summed E-state index contributed by atoms with van der Waals surface area (Å²) in [6.45, 7) is 6.14.